The molecule has 1 aliphatic heterocycles. The molecule has 2 aromatic rings. The van der Waals surface area contributed by atoms with Gasteiger partial charge in [-0.3, -0.25) is 9.09 Å². The summed E-state index contributed by atoms with van der Waals surface area (Å²) < 4.78 is 66.1. The molecule has 6 atom stereocenters. The molecule has 0 spiro atoms. The van der Waals surface area contributed by atoms with Crippen LogP contribution < -0.4 is 5.73 Å². The number of halogens is 2. The minimum atomic E-state index is -5.74. The third-order valence-corrected chi connectivity index (χ3v) is 9.12. The van der Waals surface area contributed by atoms with E-state index < -0.39 is 54.7 Å². The molecule has 39 heavy (non-hydrogen) atoms. The molecular formula is C16H29ClFN6O12P3. The number of nitrogens with zero attached hydrogens (tertiary/aromatic N) is 5. The van der Waals surface area contributed by atoms with E-state index in [1.54, 1.807) is 0 Å². The molecule has 1 fully saturated rings. The SMILES string of the molecule is CCN(CC)CC.[15NH2]c1[15n][13c](Cl)[15n]c2c1ncn2[C@@H]1O[C@H](COP(=O)(O)OP(=O)(O)OP(=O)(O)O)[C@@H](O)[C@@H]1F. The van der Waals surface area contributed by atoms with Gasteiger partial charge >= 0.3 is 23.5 Å². The van der Waals surface area contributed by atoms with E-state index in [-0.39, 0.29) is 22.3 Å². The van der Waals surface area contributed by atoms with Crippen molar-refractivity contribution >= 4 is 52.1 Å². The van der Waals surface area contributed by atoms with Gasteiger partial charge in [0.25, 0.3) is 0 Å². The number of ether oxygens (including phenoxy) is 1. The highest BCUT2D eigenvalue weighted by Crippen LogP contribution is 2.66. The Kier molecular flexibility index (Phi) is 11.9. The number of nitrogens with two attached hydrogens (primary N) is 1. The van der Waals surface area contributed by atoms with Crippen LogP contribution in [0.4, 0.5) is 10.2 Å². The van der Waals surface area contributed by atoms with Gasteiger partial charge in [-0.1, -0.05) is 20.8 Å². The Labute approximate surface area is 226 Å². The average molecular weight is 649 g/mol. The molecule has 2 aromatic heterocycles. The molecular weight excluding hydrogens is 620 g/mol. The zero-order valence-electron chi connectivity index (χ0n) is 20.7. The van der Waals surface area contributed by atoms with E-state index in [1.165, 1.54) is 19.6 Å². The lowest BCUT2D eigenvalue weighted by Crippen LogP contribution is -2.31. The molecule has 0 saturated carbocycles. The van der Waals surface area contributed by atoms with Crippen molar-refractivity contribution in [3.05, 3.63) is 11.6 Å². The van der Waals surface area contributed by atoms with Crippen molar-refractivity contribution < 1.29 is 60.6 Å². The number of aliphatic hydroxyl groups is 1. The van der Waals surface area contributed by atoms with Crippen LogP contribution >= 0.6 is 35.1 Å². The molecule has 3 heterocycles. The summed E-state index contributed by atoms with van der Waals surface area (Å²) >= 11 is 5.72. The molecule has 23 heteroatoms. The molecule has 18 nitrogen and oxygen atoms in total. The Bertz CT molecular complexity index is 1260. The van der Waals surface area contributed by atoms with E-state index >= 15 is 0 Å². The summed E-state index contributed by atoms with van der Waals surface area (Å²) in [5, 5.41) is 9.77. The normalized spacial score (nSPS) is 24.8. The Morgan fingerprint density at radius 3 is 2.21 bits per heavy atom. The fraction of sp³-hybridized carbons (Fsp3) is 0.688. The van der Waals surface area contributed by atoms with E-state index in [2.05, 4.69) is 53.8 Å². The maximum atomic E-state index is 14.7. The molecule has 0 radical (unpaired) electrons. The van der Waals surface area contributed by atoms with Crippen LogP contribution in [0.25, 0.3) is 11.2 Å². The van der Waals surface area contributed by atoms with Gasteiger partial charge in [-0.2, -0.15) is 18.6 Å². The topological polar surface area (TPSA) is 262 Å². The Hall–Kier alpha value is -1.14. The first-order valence-electron chi connectivity index (χ1n) is 11.1. The monoisotopic (exact) mass is 648 g/mol. The van der Waals surface area contributed by atoms with Crippen LogP contribution in [0.5, 0.6) is 0 Å². The molecule has 0 aliphatic carbocycles. The number of imidazole rings is 1. The maximum Gasteiger partial charge on any atom is 0.490 e. The number of aromatic nitrogens is 4. The summed E-state index contributed by atoms with van der Waals surface area (Å²) in [6.45, 7) is 9.06. The van der Waals surface area contributed by atoms with Crippen LogP contribution in [0.1, 0.15) is 27.0 Å². The van der Waals surface area contributed by atoms with Gasteiger partial charge in [-0.05, 0) is 31.2 Å². The summed E-state index contributed by atoms with van der Waals surface area (Å²) in [5.74, 6) is -0.114. The van der Waals surface area contributed by atoms with Crippen LogP contribution in [-0.4, -0.2) is 93.7 Å². The van der Waals surface area contributed by atoms with Gasteiger partial charge in [0.2, 0.25) is 5.28 Å². The van der Waals surface area contributed by atoms with Gasteiger partial charge in [-0.25, -0.2) is 23.1 Å². The van der Waals surface area contributed by atoms with E-state index in [1.807, 2.05) is 0 Å². The highest BCUT2D eigenvalue weighted by atomic mass is 35.5. The van der Waals surface area contributed by atoms with Crippen molar-refractivity contribution in [2.45, 2.75) is 45.4 Å². The molecule has 224 valence electrons. The number of phosphoric acid groups is 3. The molecule has 1 aliphatic rings. The quantitative estimate of drug-likeness (QED) is 0.114. The summed E-state index contributed by atoms with van der Waals surface area (Å²) in [6, 6.07) is 0. The second-order valence-corrected chi connectivity index (χ2v) is 12.5. The standard InChI is InChI=1S/C10H14ClFN5O12P3.C6H15N/c11-10-15-7(13)5-8(16-10)17(2-14-5)9-4(12)6(18)3(27-9)1-26-31(22,23)29-32(24,25)28-30(19,20)21;1-4-7(5-2)6-3/h2-4,6,9,18H,1H2,(H,22,23)(H,24,25)(H2,13,15,16)(H2,19,20,21);4-6H2,1-3H3/t3-,4+,6-,9-;/m1./s1/i10+1,13+1,15+1,16+1;. The van der Waals surface area contributed by atoms with E-state index in [9.17, 15) is 28.1 Å². The van der Waals surface area contributed by atoms with Gasteiger partial charge in [0.15, 0.2) is 23.9 Å². The zero-order chi connectivity index (χ0) is 29.8. The number of alkyl halides is 1. The fourth-order valence-electron chi connectivity index (χ4n) is 3.30. The molecule has 7 N–H and O–H groups in total. The third kappa shape index (κ3) is 9.73. The largest absolute Gasteiger partial charge is 0.490 e. The minimum Gasteiger partial charge on any atom is -0.387 e. The molecule has 2 unspecified atom stereocenters. The van der Waals surface area contributed by atoms with Gasteiger partial charge in [0, 0.05) is 0 Å². The van der Waals surface area contributed by atoms with E-state index in [0.29, 0.717) is 0 Å². The summed E-state index contributed by atoms with van der Waals surface area (Å²) in [5.41, 5.74) is 5.66. The maximum absolute atomic E-state index is 14.7. The number of aliphatic hydroxyl groups excluding tert-OH is 1. The Morgan fingerprint density at radius 2 is 1.69 bits per heavy atom. The lowest BCUT2D eigenvalue weighted by atomic mass is 10.1. The van der Waals surface area contributed by atoms with Crippen molar-refractivity contribution in [1.29, 1.82) is 0 Å². The third-order valence-electron chi connectivity index (χ3n) is 5.15. The highest BCUT2D eigenvalue weighted by molar-refractivity contribution is 7.66. The van der Waals surface area contributed by atoms with Crippen LogP contribution in [0.15, 0.2) is 6.33 Å². The van der Waals surface area contributed by atoms with Crippen LogP contribution in [0.2, 0.25) is 5.28 Å². The highest BCUT2D eigenvalue weighted by Gasteiger charge is 2.48. The lowest BCUT2D eigenvalue weighted by Gasteiger charge is -2.19. The molecule has 3 rings (SSSR count). The number of anilines is 1. The van der Waals surface area contributed by atoms with Gasteiger partial charge in [-0.15, -0.1) is 0 Å². The van der Waals surface area contributed by atoms with Gasteiger partial charge < -0.3 is 40.1 Å². The van der Waals surface area contributed by atoms with Crippen LogP contribution in [0, 0.1) is 0 Å². The first-order chi connectivity index (χ1) is 17.9. The summed E-state index contributed by atoms with van der Waals surface area (Å²) in [6.07, 6.45) is -6.20. The van der Waals surface area contributed by atoms with Crippen molar-refractivity contribution in [3.63, 3.8) is 0 Å². The predicted molar refractivity (Wildman–Crippen MR) is 133 cm³/mol. The number of phosphoric ester groups is 1. The number of hydrogen-bond acceptors (Lipinski definition) is 13. The molecule has 0 aromatic carbocycles. The van der Waals surface area contributed by atoms with Crippen molar-refractivity contribution in [3.8, 4) is 0 Å². The average Bonchev–Trinajstić information content (AvgIpc) is 3.33. The number of hydrogen-bond donors (Lipinski definition) is 6. The second-order valence-electron chi connectivity index (χ2n) is 7.71. The molecule has 1 saturated heterocycles. The van der Waals surface area contributed by atoms with Crippen LogP contribution in [0.3, 0.4) is 0 Å². The molecule has 0 amide bonds. The minimum absolute atomic E-state index is 0.0455. The first-order valence-corrected chi connectivity index (χ1v) is 16.0. The second kappa shape index (κ2) is 13.7. The summed E-state index contributed by atoms with van der Waals surface area (Å²) in [4.78, 5) is 49.3. The zero-order valence-corrected chi connectivity index (χ0v) is 24.2. The van der Waals surface area contributed by atoms with Gasteiger partial charge in [0.05, 0.1) is 12.9 Å². The Morgan fingerprint density at radius 1 is 1.10 bits per heavy atom. The van der Waals surface area contributed by atoms with Crippen molar-refractivity contribution in [1.82, 2.24) is 24.4 Å². The summed E-state index contributed by atoms with van der Waals surface area (Å²) in [7, 11) is -16.8. The van der Waals surface area contributed by atoms with Crippen molar-refractivity contribution in [2.24, 2.45) is 0 Å². The molecule has 0 bridgehead atoms. The fourth-order valence-corrected chi connectivity index (χ4v) is 6.50. The lowest BCUT2D eigenvalue weighted by molar-refractivity contribution is -0.0450. The first kappa shape index (κ1) is 34.1. The van der Waals surface area contributed by atoms with Crippen LogP contribution in [-0.2, 0) is 31.6 Å². The van der Waals surface area contributed by atoms with Crippen molar-refractivity contribution in [2.75, 3.05) is 32.0 Å². The number of fused-ring (bicyclic) bond motifs is 1. The van der Waals surface area contributed by atoms with E-state index in [4.69, 9.17) is 36.8 Å². The number of rotatable bonds is 11. The predicted octanol–water partition coefficient (Wildman–Crippen LogP) is 1.35. The Balaban J connectivity index is 0.000000673. The number of nitrogen functional groups attached to an aromatic ring is 1. The smallest absolute Gasteiger partial charge is 0.387 e. The van der Waals surface area contributed by atoms with Gasteiger partial charge in [0.1, 0.15) is 17.7 Å². The van der Waals surface area contributed by atoms with E-state index in [0.717, 1.165) is 10.9 Å².